The van der Waals surface area contributed by atoms with E-state index in [0.29, 0.717) is 0 Å². The van der Waals surface area contributed by atoms with E-state index in [9.17, 15) is 0 Å². The highest BCUT2D eigenvalue weighted by Crippen LogP contribution is 2.49. The number of hydrogen-bond donors (Lipinski definition) is 0. The molecule has 9 heterocycles. The van der Waals surface area contributed by atoms with E-state index in [2.05, 4.69) is 335 Å². The molecule has 0 saturated carbocycles. The van der Waals surface area contributed by atoms with Crippen LogP contribution in [-0.2, 0) is 0 Å². The van der Waals surface area contributed by atoms with Gasteiger partial charge in [-0.15, -0.1) is 45.3 Å². The SMILES string of the molecule is c1ccc(-c2cc3ccc4c(c5ccccc5n4-c4ccc5oc6ccccc6c5c4)c3s2)cc1.c1ccc(-c2cc3ccc4c(c5ccccc5n4-c4cccc5c4oc4ccccc45)c3s2)cc1.c1ccc(-c2cc3ccc4c(c5ccccc5n4-c4cccc5c4sc4ccccc45)c3s2)cc1. The van der Waals surface area contributed by atoms with Gasteiger partial charge in [0.05, 0.1) is 49.2 Å². The number of aromatic nitrogens is 3. The molecule has 9 heteroatoms. The number of nitrogens with zero attached hydrogens (tertiary/aromatic N) is 3. The van der Waals surface area contributed by atoms with Crippen LogP contribution in [0.25, 0.3) is 208 Å². The van der Waals surface area contributed by atoms with Gasteiger partial charge < -0.3 is 22.5 Å². The zero-order chi connectivity index (χ0) is 68.8. The number of furan rings is 2. The van der Waals surface area contributed by atoms with E-state index in [4.69, 9.17) is 8.83 Å². The Balaban J connectivity index is 0.0000000986. The zero-order valence-corrected chi connectivity index (χ0v) is 59.5. The largest absolute Gasteiger partial charge is 0.456 e. The summed E-state index contributed by atoms with van der Waals surface area (Å²) in [5.41, 5.74) is 18.3. The molecule has 24 aromatic rings. The van der Waals surface area contributed by atoms with Gasteiger partial charge in [0.1, 0.15) is 16.7 Å². The first kappa shape index (κ1) is 60.0. The normalized spacial score (nSPS) is 12.0. The number of hydrogen-bond acceptors (Lipinski definition) is 6. The minimum atomic E-state index is 0.920. The van der Waals surface area contributed by atoms with Crippen molar-refractivity contribution in [1.29, 1.82) is 0 Å². The summed E-state index contributed by atoms with van der Waals surface area (Å²) in [6, 6.07) is 124. The van der Waals surface area contributed by atoms with Crippen LogP contribution in [0.3, 0.4) is 0 Å². The molecule has 5 nitrogen and oxygen atoms in total. The van der Waals surface area contributed by atoms with Crippen LogP contribution in [0.4, 0.5) is 0 Å². The summed E-state index contributed by atoms with van der Waals surface area (Å²) in [4.78, 5) is 3.91. The number of fused-ring (bicyclic) bond motifs is 24. The fraction of sp³-hybridized carbons (Fsp3) is 0. The molecule has 0 unspecified atom stereocenters. The Morgan fingerprint density at radius 3 is 1.14 bits per heavy atom. The quantitative estimate of drug-likeness (QED) is 0.166. The van der Waals surface area contributed by atoms with Crippen LogP contribution in [0.2, 0.25) is 0 Å². The third-order valence-corrected chi connectivity index (χ3v) is 25.9. The fourth-order valence-corrected chi connectivity index (χ4v) is 21.2. The monoisotopic (exact) mass is 1410 g/mol. The van der Waals surface area contributed by atoms with Gasteiger partial charge in [-0.1, -0.05) is 243 Å². The van der Waals surface area contributed by atoms with E-state index in [1.165, 1.54) is 153 Å². The van der Waals surface area contributed by atoms with Crippen molar-refractivity contribution in [3.05, 3.63) is 346 Å². The molecule has 105 heavy (non-hydrogen) atoms. The van der Waals surface area contributed by atoms with E-state index < -0.39 is 0 Å². The lowest BCUT2D eigenvalue weighted by atomic mass is 10.1. The Morgan fingerprint density at radius 1 is 0.219 bits per heavy atom. The highest BCUT2D eigenvalue weighted by Gasteiger charge is 2.24. The van der Waals surface area contributed by atoms with Gasteiger partial charge in [-0.2, -0.15) is 0 Å². The summed E-state index contributed by atoms with van der Waals surface area (Å²) in [6.45, 7) is 0. The van der Waals surface area contributed by atoms with Crippen LogP contribution in [0.15, 0.2) is 355 Å². The lowest BCUT2D eigenvalue weighted by Crippen LogP contribution is -1.94. The molecule has 0 fully saturated rings. The summed E-state index contributed by atoms with van der Waals surface area (Å²) < 4.78 is 26.5. The Kier molecular flexibility index (Phi) is 13.7. The molecule has 0 amide bonds. The van der Waals surface area contributed by atoms with Crippen molar-refractivity contribution in [1.82, 2.24) is 13.7 Å². The second-order valence-corrected chi connectivity index (χ2v) is 31.1. The zero-order valence-electron chi connectivity index (χ0n) is 56.2. The molecule has 0 aliphatic rings. The standard InChI is InChI=1S/2C32H19NOS.C32H19NS2/c1-2-9-20(10-3-1)29-19-21-17-18-26-30(32(21)35-29)24-12-4-6-14-25(24)33(26)27-15-8-13-23-22-11-5-7-16-28(22)34-31(23)27;1-2-8-20(9-3-1)30-18-21-14-16-27-31(32(21)35-30)24-11-4-6-12-26(24)33(27)22-15-17-29-25(19-22)23-10-5-7-13-28(23)34-29;1-2-9-20(10-3-1)29-19-21-17-18-26-30(31(21)35-29)24-12-4-6-14-25(24)33(26)27-15-8-13-23-22-11-5-7-16-28(22)34-32(23)27/h3*1-19H. The summed E-state index contributed by atoms with van der Waals surface area (Å²) in [6.07, 6.45) is 0. The molecule has 0 N–H and O–H groups in total. The van der Waals surface area contributed by atoms with Crippen LogP contribution in [0.5, 0.6) is 0 Å². The summed E-state index contributed by atoms with van der Waals surface area (Å²) in [5.74, 6) is 0. The summed E-state index contributed by atoms with van der Waals surface area (Å²) >= 11 is 7.54. The van der Waals surface area contributed by atoms with E-state index >= 15 is 0 Å². The molecule has 9 aromatic heterocycles. The molecule has 492 valence electrons. The van der Waals surface area contributed by atoms with E-state index in [0.717, 1.165) is 55.3 Å². The van der Waals surface area contributed by atoms with Gasteiger partial charge in [0.15, 0.2) is 5.58 Å². The van der Waals surface area contributed by atoms with Crippen molar-refractivity contribution in [3.63, 3.8) is 0 Å². The molecule has 24 rings (SSSR count). The third-order valence-electron chi connectivity index (χ3n) is 21.0. The molecule has 0 aliphatic heterocycles. The Labute approximate surface area is 617 Å². The molecular weight excluding hydrogens is 1360 g/mol. The first-order chi connectivity index (χ1) is 52.1. The van der Waals surface area contributed by atoms with Crippen molar-refractivity contribution in [2.45, 2.75) is 0 Å². The van der Waals surface area contributed by atoms with Gasteiger partial charge in [0, 0.05) is 104 Å². The van der Waals surface area contributed by atoms with Crippen molar-refractivity contribution in [2.75, 3.05) is 0 Å². The van der Waals surface area contributed by atoms with Crippen molar-refractivity contribution >= 4 is 205 Å². The van der Waals surface area contributed by atoms with Crippen molar-refractivity contribution < 1.29 is 8.83 Å². The molecule has 0 radical (unpaired) electrons. The Bertz CT molecular complexity index is 7290. The summed E-state index contributed by atoms with van der Waals surface area (Å²) in [5, 5.41) is 19.0. The maximum Gasteiger partial charge on any atom is 0.159 e. The minimum Gasteiger partial charge on any atom is -0.456 e. The summed E-state index contributed by atoms with van der Waals surface area (Å²) in [7, 11) is 0. The van der Waals surface area contributed by atoms with Crippen LogP contribution in [-0.4, -0.2) is 13.7 Å². The Hall–Kier alpha value is -12.6. The maximum atomic E-state index is 6.44. The second-order valence-electron chi connectivity index (χ2n) is 26.9. The van der Waals surface area contributed by atoms with Gasteiger partial charge in [0.25, 0.3) is 0 Å². The number of thiophene rings is 4. The lowest BCUT2D eigenvalue weighted by molar-refractivity contribution is 0.666. The first-order valence-electron chi connectivity index (χ1n) is 35.3. The molecule has 0 saturated heterocycles. The van der Waals surface area contributed by atoms with Crippen molar-refractivity contribution in [2.24, 2.45) is 0 Å². The smallest absolute Gasteiger partial charge is 0.159 e. The van der Waals surface area contributed by atoms with Crippen molar-refractivity contribution in [3.8, 4) is 48.4 Å². The fourth-order valence-electron chi connectivity index (χ4n) is 16.3. The van der Waals surface area contributed by atoms with Gasteiger partial charge in [-0.05, 0) is 136 Å². The minimum absolute atomic E-state index is 0.920. The van der Waals surface area contributed by atoms with Crippen LogP contribution < -0.4 is 0 Å². The molecule has 0 aliphatic carbocycles. The number of benzene rings is 15. The maximum absolute atomic E-state index is 6.44. The van der Waals surface area contributed by atoms with Gasteiger partial charge in [-0.25, -0.2) is 0 Å². The van der Waals surface area contributed by atoms with E-state index in [1.807, 2.05) is 69.6 Å². The molecule has 0 bridgehead atoms. The van der Waals surface area contributed by atoms with Crippen LogP contribution in [0, 0.1) is 0 Å². The van der Waals surface area contributed by atoms with Crippen LogP contribution in [0.1, 0.15) is 0 Å². The molecular formula is C96H57N3O2S4. The number of rotatable bonds is 6. The van der Waals surface area contributed by atoms with E-state index in [-0.39, 0.29) is 0 Å². The van der Waals surface area contributed by atoms with E-state index in [1.54, 1.807) is 0 Å². The molecule has 15 aromatic carbocycles. The van der Waals surface area contributed by atoms with Gasteiger partial charge in [0.2, 0.25) is 0 Å². The van der Waals surface area contributed by atoms with Gasteiger partial charge >= 0.3 is 0 Å². The first-order valence-corrected chi connectivity index (χ1v) is 38.6. The Morgan fingerprint density at radius 2 is 0.610 bits per heavy atom. The molecule has 0 spiro atoms. The molecule has 0 atom stereocenters. The highest BCUT2D eigenvalue weighted by atomic mass is 32.1. The number of para-hydroxylation sites is 6. The third kappa shape index (κ3) is 9.49. The van der Waals surface area contributed by atoms with Crippen LogP contribution >= 0.6 is 45.3 Å². The predicted molar refractivity (Wildman–Crippen MR) is 452 cm³/mol. The predicted octanol–water partition coefficient (Wildman–Crippen LogP) is 29.2. The lowest BCUT2D eigenvalue weighted by Gasteiger charge is -2.09. The average molecular weight is 1410 g/mol. The second kappa shape index (κ2) is 24.0. The highest BCUT2D eigenvalue weighted by molar-refractivity contribution is 7.26. The van der Waals surface area contributed by atoms with Gasteiger partial charge in [-0.3, -0.25) is 0 Å². The topological polar surface area (TPSA) is 41.1 Å². The average Bonchev–Trinajstić information content (AvgIpc) is 1.57.